The van der Waals surface area contributed by atoms with Gasteiger partial charge in [0.2, 0.25) is 5.75 Å². The highest BCUT2D eigenvalue weighted by Gasteiger charge is 2.20. The van der Waals surface area contributed by atoms with Gasteiger partial charge in [-0.3, -0.25) is 4.79 Å². The zero-order chi connectivity index (χ0) is 18.7. The average molecular weight is 356 g/mol. The summed E-state index contributed by atoms with van der Waals surface area (Å²) in [6.07, 6.45) is 0. The molecular formula is C19H20N2O5. The van der Waals surface area contributed by atoms with Crippen LogP contribution in [-0.2, 0) is 16.1 Å². The molecule has 3 rings (SSSR count). The third-order valence-corrected chi connectivity index (χ3v) is 4.09. The van der Waals surface area contributed by atoms with Crippen molar-refractivity contribution >= 4 is 17.0 Å². The topological polar surface area (TPSA) is 71.8 Å². The minimum atomic E-state index is -0.359. The largest absolute Gasteiger partial charge is 0.493 e. The van der Waals surface area contributed by atoms with E-state index >= 15 is 0 Å². The van der Waals surface area contributed by atoms with Crippen molar-refractivity contribution in [1.29, 1.82) is 0 Å². The molecule has 0 unspecified atom stereocenters. The summed E-state index contributed by atoms with van der Waals surface area (Å²) in [5.41, 5.74) is 2.35. The fourth-order valence-corrected chi connectivity index (χ4v) is 2.86. The number of carbonyl (C=O) groups excluding carboxylic acids is 1. The number of hydrogen-bond acceptors (Lipinski definition) is 6. The predicted molar refractivity (Wildman–Crippen MR) is 96.8 cm³/mol. The molecular weight excluding hydrogens is 336 g/mol. The van der Waals surface area contributed by atoms with Gasteiger partial charge in [0.25, 0.3) is 0 Å². The number of benzene rings is 2. The van der Waals surface area contributed by atoms with E-state index in [1.54, 1.807) is 33.5 Å². The molecule has 1 aromatic heterocycles. The Morgan fingerprint density at radius 3 is 2.23 bits per heavy atom. The number of carbonyl (C=O) groups is 1. The van der Waals surface area contributed by atoms with Crippen molar-refractivity contribution < 1.29 is 23.7 Å². The predicted octanol–water partition coefficient (Wildman–Crippen LogP) is 2.90. The molecule has 0 aliphatic carbocycles. The van der Waals surface area contributed by atoms with Gasteiger partial charge in [0, 0.05) is 5.56 Å². The summed E-state index contributed by atoms with van der Waals surface area (Å²) in [5.74, 6) is 1.77. The van der Waals surface area contributed by atoms with E-state index < -0.39 is 0 Å². The monoisotopic (exact) mass is 356 g/mol. The van der Waals surface area contributed by atoms with Crippen molar-refractivity contribution in [3.8, 4) is 28.6 Å². The van der Waals surface area contributed by atoms with Crippen LogP contribution in [0.5, 0.6) is 17.2 Å². The molecule has 0 aliphatic heterocycles. The molecule has 0 bridgehead atoms. The first kappa shape index (κ1) is 17.6. The van der Waals surface area contributed by atoms with Crippen LogP contribution in [0.1, 0.15) is 0 Å². The molecule has 0 aliphatic rings. The number of hydrogen-bond donors (Lipinski definition) is 0. The molecule has 0 N–H and O–H groups in total. The summed E-state index contributed by atoms with van der Waals surface area (Å²) in [7, 11) is 6.02. The van der Waals surface area contributed by atoms with Crippen molar-refractivity contribution in [2.75, 3.05) is 28.4 Å². The molecule has 7 heteroatoms. The maximum Gasteiger partial charge on any atom is 0.325 e. The van der Waals surface area contributed by atoms with E-state index in [2.05, 4.69) is 4.98 Å². The van der Waals surface area contributed by atoms with Crippen LogP contribution in [0, 0.1) is 0 Å². The standard InChI is InChI=1S/C19H20N2O5/c1-23-15-9-12(10-16(24-2)18(15)26-4)19-20-13-7-5-6-8-14(13)21(19)11-17(22)25-3/h5-10H,11H2,1-4H3. The van der Waals surface area contributed by atoms with Gasteiger partial charge < -0.3 is 23.5 Å². The third kappa shape index (κ3) is 3.03. The van der Waals surface area contributed by atoms with E-state index in [1.807, 2.05) is 28.8 Å². The number of aromatic nitrogens is 2. The van der Waals surface area contributed by atoms with Gasteiger partial charge >= 0.3 is 5.97 Å². The number of fused-ring (bicyclic) bond motifs is 1. The lowest BCUT2D eigenvalue weighted by Gasteiger charge is -2.14. The van der Waals surface area contributed by atoms with E-state index in [-0.39, 0.29) is 12.5 Å². The van der Waals surface area contributed by atoms with Crippen LogP contribution in [0.3, 0.4) is 0 Å². The number of esters is 1. The first-order chi connectivity index (χ1) is 12.6. The first-order valence-electron chi connectivity index (χ1n) is 7.95. The van der Waals surface area contributed by atoms with Gasteiger partial charge in [0.15, 0.2) is 11.5 Å². The summed E-state index contributed by atoms with van der Waals surface area (Å²) < 4.78 is 22.9. The quantitative estimate of drug-likeness (QED) is 0.633. The Bertz CT molecular complexity index is 923. The number of rotatable bonds is 6. The van der Waals surface area contributed by atoms with E-state index in [4.69, 9.17) is 18.9 Å². The van der Waals surface area contributed by atoms with Gasteiger partial charge in [-0.25, -0.2) is 4.98 Å². The van der Waals surface area contributed by atoms with Gasteiger partial charge in [0.1, 0.15) is 12.4 Å². The van der Waals surface area contributed by atoms with E-state index in [0.29, 0.717) is 23.1 Å². The van der Waals surface area contributed by atoms with Crippen molar-refractivity contribution in [2.45, 2.75) is 6.54 Å². The van der Waals surface area contributed by atoms with Crippen LogP contribution in [-0.4, -0.2) is 44.0 Å². The molecule has 0 saturated carbocycles. The van der Waals surface area contributed by atoms with Crippen LogP contribution < -0.4 is 14.2 Å². The second-order valence-electron chi connectivity index (χ2n) is 5.50. The Morgan fingerprint density at radius 2 is 1.65 bits per heavy atom. The summed E-state index contributed by atoms with van der Waals surface area (Å²) in [6.45, 7) is 0.0446. The van der Waals surface area contributed by atoms with Crippen LogP contribution in [0.15, 0.2) is 36.4 Å². The number of para-hydroxylation sites is 2. The van der Waals surface area contributed by atoms with E-state index in [1.165, 1.54) is 7.11 Å². The fraction of sp³-hybridized carbons (Fsp3) is 0.263. The van der Waals surface area contributed by atoms with Crippen molar-refractivity contribution in [1.82, 2.24) is 9.55 Å². The molecule has 0 spiro atoms. The fourth-order valence-electron chi connectivity index (χ4n) is 2.86. The first-order valence-corrected chi connectivity index (χ1v) is 7.95. The second kappa shape index (κ2) is 7.35. The highest BCUT2D eigenvalue weighted by molar-refractivity contribution is 5.84. The molecule has 26 heavy (non-hydrogen) atoms. The van der Waals surface area contributed by atoms with Crippen molar-refractivity contribution in [2.24, 2.45) is 0 Å². The minimum absolute atomic E-state index is 0.0446. The van der Waals surface area contributed by atoms with Gasteiger partial charge in [-0.2, -0.15) is 0 Å². The van der Waals surface area contributed by atoms with Crippen LogP contribution in [0.4, 0.5) is 0 Å². The smallest absolute Gasteiger partial charge is 0.325 e. The maximum absolute atomic E-state index is 11.9. The van der Waals surface area contributed by atoms with E-state index in [9.17, 15) is 4.79 Å². The Kier molecular flexibility index (Phi) is 4.97. The number of imidazole rings is 1. The SMILES string of the molecule is COC(=O)Cn1c(-c2cc(OC)c(OC)c(OC)c2)nc2ccccc21. The van der Waals surface area contributed by atoms with Gasteiger partial charge in [0.05, 0.1) is 39.5 Å². The lowest BCUT2D eigenvalue weighted by Crippen LogP contribution is -2.12. The lowest BCUT2D eigenvalue weighted by atomic mass is 10.1. The molecule has 1 heterocycles. The van der Waals surface area contributed by atoms with Crippen LogP contribution >= 0.6 is 0 Å². The molecule has 2 aromatic carbocycles. The Balaban J connectivity index is 2.24. The molecule has 0 radical (unpaired) electrons. The Morgan fingerprint density at radius 1 is 1.00 bits per heavy atom. The number of nitrogens with zero attached hydrogens (tertiary/aromatic N) is 2. The average Bonchev–Trinajstić information content (AvgIpc) is 3.05. The molecule has 0 atom stereocenters. The zero-order valence-electron chi connectivity index (χ0n) is 15.1. The summed E-state index contributed by atoms with van der Waals surface area (Å²) in [4.78, 5) is 16.6. The van der Waals surface area contributed by atoms with Crippen LogP contribution in [0.2, 0.25) is 0 Å². The van der Waals surface area contributed by atoms with Gasteiger partial charge in [-0.1, -0.05) is 12.1 Å². The van der Waals surface area contributed by atoms with Crippen LogP contribution in [0.25, 0.3) is 22.4 Å². The Hall–Kier alpha value is -3.22. The van der Waals surface area contributed by atoms with Gasteiger partial charge in [-0.15, -0.1) is 0 Å². The molecule has 0 fully saturated rings. The molecule has 7 nitrogen and oxygen atoms in total. The Labute approximate surface area is 151 Å². The highest BCUT2D eigenvalue weighted by atomic mass is 16.5. The number of methoxy groups -OCH3 is 4. The van der Waals surface area contributed by atoms with Crippen molar-refractivity contribution in [3.05, 3.63) is 36.4 Å². The molecule has 136 valence electrons. The third-order valence-electron chi connectivity index (χ3n) is 4.09. The minimum Gasteiger partial charge on any atom is -0.493 e. The summed E-state index contributed by atoms with van der Waals surface area (Å²) >= 11 is 0. The van der Waals surface area contributed by atoms with Gasteiger partial charge in [-0.05, 0) is 24.3 Å². The summed E-state index contributed by atoms with van der Waals surface area (Å²) in [6, 6.07) is 11.2. The molecule has 0 amide bonds. The normalized spacial score (nSPS) is 10.6. The maximum atomic E-state index is 11.9. The highest BCUT2D eigenvalue weighted by Crippen LogP contribution is 2.41. The molecule has 0 saturated heterocycles. The number of ether oxygens (including phenoxy) is 4. The molecule has 3 aromatic rings. The zero-order valence-corrected chi connectivity index (χ0v) is 15.1. The van der Waals surface area contributed by atoms with E-state index in [0.717, 1.165) is 16.6 Å². The summed E-state index contributed by atoms with van der Waals surface area (Å²) in [5, 5.41) is 0. The van der Waals surface area contributed by atoms with Crippen molar-refractivity contribution in [3.63, 3.8) is 0 Å². The second-order valence-corrected chi connectivity index (χ2v) is 5.50. The lowest BCUT2D eigenvalue weighted by molar-refractivity contribution is -0.141.